The predicted octanol–water partition coefficient (Wildman–Crippen LogP) is 2.13. The van der Waals surface area contributed by atoms with Crippen LogP contribution in [0.25, 0.3) is 0 Å². The first-order valence-electron chi connectivity index (χ1n) is 8.89. The standard InChI is InChI=1S/C19H31N3O2/c1-6-14(5)21-19(24)22-17(23)12-20-18(13(3)4)16-10-8-15(7-2)9-11-16/h8-11,13-14,18,20H,6-7,12H2,1-5H3,(H2,21,22,23,24)/p+1/t14-,18-/m0/s1. The number of imide groups is 1. The minimum absolute atomic E-state index is 0.0577. The SMILES string of the molecule is CCc1ccc([C@@H]([NH2+]CC(=O)NC(=O)N[C@@H](C)CC)C(C)C)cc1. The summed E-state index contributed by atoms with van der Waals surface area (Å²) in [5.74, 6) is 0.117. The maximum atomic E-state index is 12.0. The Labute approximate surface area is 145 Å². The largest absolute Gasteiger partial charge is 0.335 e. The van der Waals surface area contributed by atoms with Crippen LogP contribution >= 0.6 is 0 Å². The van der Waals surface area contributed by atoms with Gasteiger partial charge in [0, 0.05) is 17.5 Å². The molecule has 1 aromatic rings. The topological polar surface area (TPSA) is 74.8 Å². The van der Waals surface area contributed by atoms with Crippen molar-refractivity contribution in [1.29, 1.82) is 0 Å². The summed E-state index contributed by atoms with van der Waals surface area (Å²) >= 11 is 0. The summed E-state index contributed by atoms with van der Waals surface area (Å²) in [6.07, 6.45) is 1.85. The Morgan fingerprint density at radius 1 is 1.08 bits per heavy atom. The van der Waals surface area contributed by atoms with E-state index in [9.17, 15) is 9.59 Å². The van der Waals surface area contributed by atoms with Crippen molar-refractivity contribution >= 4 is 11.9 Å². The maximum Gasteiger partial charge on any atom is 0.321 e. The molecule has 0 unspecified atom stereocenters. The summed E-state index contributed by atoms with van der Waals surface area (Å²) in [5, 5.41) is 7.12. The van der Waals surface area contributed by atoms with E-state index in [0.29, 0.717) is 5.92 Å². The number of amides is 3. The van der Waals surface area contributed by atoms with Crippen molar-refractivity contribution < 1.29 is 14.9 Å². The molecular weight excluding hydrogens is 302 g/mol. The number of hydrogen-bond donors (Lipinski definition) is 3. The first-order chi connectivity index (χ1) is 11.4. The van der Waals surface area contributed by atoms with Crippen LogP contribution < -0.4 is 16.0 Å². The summed E-state index contributed by atoms with van der Waals surface area (Å²) in [5.41, 5.74) is 2.51. The number of nitrogens with one attached hydrogen (secondary N) is 2. The molecule has 0 bridgehead atoms. The van der Waals surface area contributed by atoms with E-state index in [1.807, 2.05) is 19.2 Å². The van der Waals surface area contributed by atoms with Gasteiger partial charge >= 0.3 is 6.03 Å². The van der Waals surface area contributed by atoms with Crippen molar-refractivity contribution in [3.05, 3.63) is 35.4 Å². The highest BCUT2D eigenvalue weighted by atomic mass is 16.2. The fourth-order valence-electron chi connectivity index (χ4n) is 2.54. The van der Waals surface area contributed by atoms with E-state index in [1.54, 1.807) is 0 Å². The smallest absolute Gasteiger partial charge is 0.321 e. The molecule has 0 radical (unpaired) electrons. The molecule has 134 valence electrons. The average molecular weight is 334 g/mol. The maximum absolute atomic E-state index is 12.0. The van der Waals surface area contributed by atoms with Gasteiger partial charge in [0.1, 0.15) is 6.04 Å². The number of urea groups is 1. The second-order valence-corrected chi connectivity index (χ2v) is 6.64. The number of carbonyl (C=O) groups excluding carboxylic acids is 2. The third-order valence-corrected chi connectivity index (χ3v) is 4.29. The lowest BCUT2D eigenvalue weighted by Crippen LogP contribution is -2.88. The van der Waals surface area contributed by atoms with Gasteiger partial charge in [-0.15, -0.1) is 0 Å². The van der Waals surface area contributed by atoms with Gasteiger partial charge in [-0.05, 0) is 25.3 Å². The van der Waals surface area contributed by atoms with Crippen molar-refractivity contribution in [2.24, 2.45) is 5.92 Å². The summed E-state index contributed by atoms with van der Waals surface area (Å²) in [6.45, 7) is 10.5. The number of hydrogen-bond acceptors (Lipinski definition) is 2. The molecule has 5 heteroatoms. The minimum atomic E-state index is -0.420. The highest BCUT2D eigenvalue weighted by Crippen LogP contribution is 2.18. The summed E-state index contributed by atoms with van der Waals surface area (Å²) in [4.78, 5) is 23.7. The second-order valence-electron chi connectivity index (χ2n) is 6.64. The predicted molar refractivity (Wildman–Crippen MR) is 96.6 cm³/mol. The van der Waals surface area contributed by atoms with Crippen LogP contribution in [0, 0.1) is 5.92 Å². The van der Waals surface area contributed by atoms with E-state index in [4.69, 9.17) is 0 Å². The highest BCUT2D eigenvalue weighted by Gasteiger charge is 2.21. The molecule has 1 rings (SSSR count). The second kappa shape index (κ2) is 10.1. The number of nitrogens with two attached hydrogens (primary N) is 1. The molecule has 3 amide bonds. The van der Waals surface area contributed by atoms with Crippen molar-refractivity contribution in [3.63, 3.8) is 0 Å². The van der Waals surface area contributed by atoms with Crippen LogP contribution in [0.15, 0.2) is 24.3 Å². The molecule has 5 nitrogen and oxygen atoms in total. The van der Waals surface area contributed by atoms with Gasteiger partial charge in [-0.1, -0.05) is 52.0 Å². The minimum Gasteiger partial charge on any atom is -0.335 e. The van der Waals surface area contributed by atoms with Crippen LogP contribution in [0.1, 0.15) is 58.2 Å². The lowest BCUT2D eigenvalue weighted by Gasteiger charge is -2.20. The Bertz CT molecular complexity index is 526. The first-order valence-corrected chi connectivity index (χ1v) is 8.89. The zero-order chi connectivity index (χ0) is 18.1. The zero-order valence-electron chi connectivity index (χ0n) is 15.6. The number of benzene rings is 1. The molecule has 24 heavy (non-hydrogen) atoms. The van der Waals surface area contributed by atoms with E-state index in [-0.39, 0.29) is 24.5 Å². The molecule has 0 saturated carbocycles. The third kappa shape index (κ3) is 6.71. The van der Waals surface area contributed by atoms with Gasteiger partial charge in [0.15, 0.2) is 6.54 Å². The monoisotopic (exact) mass is 334 g/mol. The molecule has 0 aliphatic carbocycles. The Balaban J connectivity index is 2.56. The molecule has 4 N–H and O–H groups in total. The molecular formula is C19H32N3O2+. The van der Waals surface area contributed by atoms with Crippen molar-refractivity contribution in [2.75, 3.05) is 6.54 Å². The molecule has 0 spiro atoms. The highest BCUT2D eigenvalue weighted by molar-refractivity contribution is 5.94. The fraction of sp³-hybridized carbons (Fsp3) is 0.579. The van der Waals surface area contributed by atoms with Crippen LogP contribution in [0.3, 0.4) is 0 Å². The number of carbonyl (C=O) groups is 2. The Morgan fingerprint density at radius 2 is 1.71 bits per heavy atom. The van der Waals surface area contributed by atoms with Gasteiger partial charge in [0.2, 0.25) is 0 Å². The molecule has 0 heterocycles. The van der Waals surface area contributed by atoms with Crippen LogP contribution in [0.2, 0.25) is 0 Å². The van der Waals surface area contributed by atoms with E-state index in [0.717, 1.165) is 12.8 Å². The summed E-state index contributed by atoms with van der Waals surface area (Å²) in [7, 11) is 0. The van der Waals surface area contributed by atoms with Gasteiger partial charge in [0.05, 0.1) is 0 Å². The molecule has 0 fully saturated rings. The lowest BCUT2D eigenvalue weighted by atomic mass is 9.95. The number of quaternary nitrogens is 1. The molecule has 0 aliphatic heterocycles. The van der Waals surface area contributed by atoms with E-state index in [2.05, 4.69) is 55.7 Å². The number of aryl methyl sites for hydroxylation is 1. The van der Waals surface area contributed by atoms with Gasteiger partial charge in [-0.25, -0.2) is 4.79 Å². The van der Waals surface area contributed by atoms with Gasteiger partial charge in [0.25, 0.3) is 5.91 Å². The van der Waals surface area contributed by atoms with E-state index in [1.165, 1.54) is 11.1 Å². The lowest BCUT2D eigenvalue weighted by molar-refractivity contribution is -0.692. The molecule has 2 atom stereocenters. The Morgan fingerprint density at radius 3 is 2.21 bits per heavy atom. The van der Waals surface area contributed by atoms with Crippen LogP contribution in [-0.4, -0.2) is 24.5 Å². The van der Waals surface area contributed by atoms with E-state index >= 15 is 0 Å². The zero-order valence-corrected chi connectivity index (χ0v) is 15.6. The van der Waals surface area contributed by atoms with Crippen LogP contribution in [-0.2, 0) is 11.2 Å². The van der Waals surface area contributed by atoms with Gasteiger partial charge < -0.3 is 10.6 Å². The quantitative estimate of drug-likeness (QED) is 0.681. The molecule has 0 saturated heterocycles. The molecule has 0 aromatic heterocycles. The Hall–Kier alpha value is -1.88. The number of rotatable bonds is 8. The van der Waals surface area contributed by atoms with Crippen molar-refractivity contribution in [3.8, 4) is 0 Å². The normalized spacial score (nSPS) is 13.4. The average Bonchev–Trinajstić information content (AvgIpc) is 2.54. The van der Waals surface area contributed by atoms with Crippen LogP contribution in [0.5, 0.6) is 0 Å². The summed E-state index contributed by atoms with van der Waals surface area (Å²) < 4.78 is 0. The first kappa shape index (κ1) is 20.2. The summed E-state index contributed by atoms with van der Waals surface area (Å²) in [6, 6.07) is 8.37. The molecule has 1 aromatic carbocycles. The third-order valence-electron chi connectivity index (χ3n) is 4.29. The van der Waals surface area contributed by atoms with E-state index < -0.39 is 6.03 Å². The Kier molecular flexibility index (Phi) is 8.47. The van der Waals surface area contributed by atoms with Gasteiger partial charge in [-0.2, -0.15) is 0 Å². The van der Waals surface area contributed by atoms with Crippen LogP contribution in [0.4, 0.5) is 4.79 Å². The van der Waals surface area contributed by atoms with Crippen molar-refractivity contribution in [1.82, 2.24) is 10.6 Å². The van der Waals surface area contributed by atoms with Crippen molar-refractivity contribution in [2.45, 2.75) is 59.5 Å². The van der Waals surface area contributed by atoms with Gasteiger partial charge in [-0.3, -0.25) is 10.1 Å². The fourth-order valence-corrected chi connectivity index (χ4v) is 2.54. The molecule has 0 aliphatic rings.